The highest BCUT2D eigenvalue weighted by atomic mass is 16.5. The van der Waals surface area contributed by atoms with Crippen LogP contribution in [-0.2, 0) is 4.74 Å². The van der Waals surface area contributed by atoms with Gasteiger partial charge in [0.2, 0.25) is 0 Å². The summed E-state index contributed by atoms with van der Waals surface area (Å²) in [5.41, 5.74) is 2.33. The molecule has 0 atom stereocenters. The number of aryl methyl sites for hydroxylation is 1. The Kier molecular flexibility index (Phi) is 5.48. The van der Waals surface area contributed by atoms with E-state index in [1.54, 1.807) is 7.11 Å². The van der Waals surface area contributed by atoms with Crippen LogP contribution in [0.15, 0.2) is 18.2 Å². The van der Waals surface area contributed by atoms with Crippen LogP contribution >= 0.6 is 0 Å². The Morgan fingerprint density at radius 3 is 2.84 bits per heavy atom. The second kappa shape index (κ2) is 7.36. The minimum atomic E-state index is 0.874. The van der Waals surface area contributed by atoms with E-state index in [0.717, 1.165) is 57.3 Å². The number of nitrogens with zero attached hydrogens (tertiary/aromatic N) is 1. The first-order valence-electron chi connectivity index (χ1n) is 6.98. The number of hydrogen-bond donors (Lipinski definition) is 1. The smallest absolute Gasteiger partial charge is 0.141 e. The maximum Gasteiger partial charge on any atom is 0.141 e. The fourth-order valence-corrected chi connectivity index (χ4v) is 2.31. The van der Waals surface area contributed by atoms with E-state index < -0.39 is 0 Å². The van der Waals surface area contributed by atoms with Gasteiger partial charge < -0.3 is 14.8 Å². The van der Waals surface area contributed by atoms with Crippen molar-refractivity contribution in [1.82, 2.24) is 4.90 Å². The molecule has 1 aliphatic rings. The Morgan fingerprint density at radius 1 is 1.32 bits per heavy atom. The molecule has 4 heteroatoms. The summed E-state index contributed by atoms with van der Waals surface area (Å²) in [4.78, 5) is 2.46. The van der Waals surface area contributed by atoms with Gasteiger partial charge in [0.15, 0.2) is 0 Å². The summed E-state index contributed by atoms with van der Waals surface area (Å²) in [6.45, 7) is 8.07. The lowest BCUT2D eigenvalue weighted by Gasteiger charge is -2.26. The number of rotatable bonds is 6. The second-order valence-electron chi connectivity index (χ2n) is 4.94. The van der Waals surface area contributed by atoms with Gasteiger partial charge in [0.1, 0.15) is 5.75 Å². The van der Waals surface area contributed by atoms with Gasteiger partial charge in [-0.1, -0.05) is 6.07 Å². The lowest BCUT2D eigenvalue weighted by atomic mass is 10.2. The Labute approximate surface area is 115 Å². The van der Waals surface area contributed by atoms with Crippen molar-refractivity contribution in [2.45, 2.75) is 13.3 Å². The SMILES string of the molecule is COc1ccc(C)cc1NCCCN1CCOCC1. The third-order valence-corrected chi connectivity index (χ3v) is 3.43. The molecular weight excluding hydrogens is 240 g/mol. The Hall–Kier alpha value is -1.26. The molecule has 4 nitrogen and oxygen atoms in total. The highest BCUT2D eigenvalue weighted by Crippen LogP contribution is 2.24. The van der Waals surface area contributed by atoms with Crippen LogP contribution in [0.25, 0.3) is 0 Å². The fourth-order valence-electron chi connectivity index (χ4n) is 2.31. The Bertz CT molecular complexity index is 390. The first-order chi connectivity index (χ1) is 9.29. The molecule has 1 saturated heterocycles. The van der Waals surface area contributed by atoms with Gasteiger partial charge in [-0.3, -0.25) is 4.90 Å². The van der Waals surface area contributed by atoms with Crippen LogP contribution < -0.4 is 10.1 Å². The van der Waals surface area contributed by atoms with Gasteiger partial charge in [0.05, 0.1) is 26.0 Å². The van der Waals surface area contributed by atoms with Crippen molar-refractivity contribution in [2.24, 2.45) is 0 Å². The predicted octanol–water partition coefficient (Wildman–Crippen LogP) is 2.14. The number of nitrogens with one attached hydrogen (secondary N) is 1. The van der Waals surface area contributed by atoms with E-state index in [0.29, 0.717) is 0 Å². The zero-order chi connectivity index (χ0) is 13.5. The third kappa shape index (κ3) is 4.40. The summed E-state index contributed by atoms with van der Waals surface area (Å²) < 4.78 is 10.7. The van der Waals surface area contributed by atoms with Crippen molar-refractivity contribution in [3.8, 4) is 5.75 Å². The summed E-state index contributed by atoms with van der Waals surface area (Å²) in [5, 5.41) is 3.46. The third-order valence-electron chi connectivity index (χ3n) is 3.43. The molecular formula is C15H24N2O2. The van der Waals surface area contributed by atoms with Gasteiger partial charge in [-0.05, 0) is 37.6 Å². The fraction of sp³-hybridized carbons (Fsp3) is 0.600. The highest BCUT2D eigenvalue weighted by molar-refractivity contribution is 5.57. The maximum absolute atomic E-state index is 5.36. The van der Waals surface area contributed by atoms with Crippen molar-refractivity contribution >= 4 is 5.69 Å². The Balaban J connectivity index is 1.74. The lowest BCUT2D eigenvalue weighted by molar-refractivity contribution is 0.0378. The van der Waals surface area contributed by atoms with Gasteiger partial charge in [0.25, 0.3) is 0 Å². The molecule has 19 heavy (non-hydrogen) atoms. The first kappa shape index (κ1) is 14.2. The number of benzene rings is 1. The molecule has 1 aromatic carbocycles. The molecule has 106 valence electrons. The predicted molar refractivity (Wildman–Crippen MR) is 78.1 cm³/mol. The maximum atomic E-state index is 5.36. The van der Waals surface area contributed by atoms with E-state index in [1.165, 1.54) is 5.56 Å². The van der Waals surface area contributed by atoms with Gasteiger partial charge in [-0.25, -0.2) is 0 Å². The number of anilines is 1. The largest absolute Gasteiger partial charge is 0.495 e. The average Bonchev–Trinajstić information content (AvgIpc) is 2.45. The van der Waals surface area contributed by atoms with Gasteiger partial charge in [-0.2, -0.15) is 0 Å². The minimum Gasteiger partial charge on any atom is -0.495 e. The average molecular weight is 264 g/mol. The number of methoxy groups -OCH3 is 1. The lowest BCUT2D eigenvalue weighted by Crippen LogP contribution is -2.37. The zero-order valence-corrected chi connectivity index (χ0v) is 11.9. The molecule has 1 N–H and O–H groups in total. The standard InChI is InChI=1S/C15H24N2O2/c1-13-4-5-15(18-2)14(12-13)16-6-3-7-17-8-10-19-11-9-17/h4-5,12,16H,3,6-11H2,1-2H3. The Morgan fingerprint density at radius 2 is 2.11 bits per heavy atom. The number of ether oxygens (including phenoxy) is 2. The normalized spacial score (nSPS) is 16.3. The molecule has 1 fully saturated rings. The van der Waals surface area contributed by atoms with Crippen molar-refractivity contribution < 1.29 is 9.47 Å². The van der Waals surface area contributed by atoms with Crippen molar-refractivity contribution in [3.63, 3.8) is 0 Å². The van der Waals surface area contributed by atoms with E-state index in [9.17, 15) is 0 Å². The zero-order valence-electron chi connectivity index (χ0n) is 11.9. The molecule has 1 aromatic rings. The van der Waals surface area contributed by atoms with Crippen molar-refractivity contribution in [3.05, 3.63) is 23.8 Å². The van der Waals surface area contributed by atoms with Crippen LogP contribution in [0.2, 0.25) is 0 Å². The monoisotopic (exact) mass is 264 g/mol. The molecule has 0 radical (unpaired) electrons. The van der Waals surface area contributed by atoms with Gasteiger partial charge in [0, 0.05) is 19.6 Å². The summed E-state index contributed by atoms with van der Waals surface area (Å²) in [5.74, 6) is 0.914. The number of hydrogen-bond acceptors (Lipinski definition) is 4. The van der Waals surface area contributed by atoms with Crippen LogP contribution in [0, 0.1) is 6.92 Å². The molecule has 1 heterocycles. The van der Waals surface area contributed by atoms with Crippen LogP contribution in [0.4, 0.5) is 5.69 Å². The first-order valence-corrected chi connectivity index (χ1v) is 6.98. The van der Waals surface area contributed by atoms with Crippen molar-refractivity contribution in [1.29, 1.82) is 0 Å². The van der Waals surface area contributed by atoms with Gasteiger partial charge >= 0.3 is 0 Å². The molecule has 0 spiro atoms. The molecule has 1 aliphatic heterocycles. The second-order valence-corrected chi connectivity index (χ2v) is 4.94. The molecule has 0 saturated carbocycles. The summed E-state index contributed by atoms with van der Waals surface area (Å²) in [6.07, 6.45) is 1.14. The van der Waals surface area contributed by atoms with Crippen LogP contribution in [0.1, 0.15) is 12.0 Å². The van der Waals surface area contributed by atoms with E-state index in [2.05, 4.69) is 29.3 Å². The summed E-state index contributed by atoms with van der Waals surface area (Å²) >= 11 is 0. The van der Waals surface area contributed by atoms with Crippen LogP contribution in [0.3, 0.4) is 0 Å². The highest BCUT2D eigenvalue weighted by Gasteiger charge is 2.09. The summed E-state index contributed by atoms with van der Waals surface area (Å²) in [6, 6.07) is 6.21. The van der Waals surface area contributed by atoms with E-state index in [4.69, 9.17) is 9.47 Å². The molecule has 0 amide bonds. The van der Waals surface area contributed by atoms with E-state index in [1.807, 2.05) is 6.07 Å². The summed E-state index contributed by atoms with van der Waals surface area (Å²) in [7, 11) is 1.71. The number of morpholine rings is 1. The van der Waals surface area contributed by atoms with Crippen LogP contribution in [0.5, 0.6) is 5.75 Å². The quantitative estimate of drug-likeness (QED) is 0.798. The van der Waals surface area contributed by atoms with E-state index >= 15 is 0 Å². The topological polar surface area (TPSA) is 33.7 Å². The molecule has 0 bridgehead atoms. The van der Waals surface area contributed by atoms with Gasteiger partial charge in [-0.15, -0.1) is 0 Å². The molecule has 0 aromatic heterocycles. The molecule has 0 unspecified atom stereocenters. The molecule has 0 aliphatic carbocycles. The molecule has 2 rings (SSSR count). The van der Waals surface area contributed by atoms with E-state index in [-0.39, 0.29) is 0 Å². The van der Waals surface area contributed by atoms with Crippen LogP contribution in [-0.4, -0.2) is 51.4 Å². The van der Waals surface area contributed by atoms with Crippen molar-refractivity contribution in [2.75, 3.05) is 51.8 Å². The minimum absolute atomic E-state index is 0.874.